The van der Waals surface area contributed by atoms with Crippen molar-refractivity contribution in [2.45, 2.75) is 24.8 Å². The van der Waals surface area contributed by atoms with Crippen LogP contribution in [0.15, 0.2) is 65.8 Å². The summed E-state index contributed by atoms with van der Waals surface area (Å²) in [6, 6.07) is 10.2. The predicted molar refractivity (Wildman–Crippen MR) is 86.7 cm³/mol. The monoisotopic (exact) mass is 310 g/mol. The number of rotatable bonds is 3. The number of hydrogen-bond donors (Lipinski definition) is 1. The number of fused-ring (bicyclic) bond motifs is 1. The van der Waals surface area contributed by atoms with E-state index in [-0.39, 0.29) is 23.2 Å². The Morgan fingerprint density at radius 3 is 2.70 bits per heavy atom. The minimum absolute atomic E-state index is 0.0259. The molecule has 1 aromatic carbocycles. The van der Waals surface area contributed by atoms with E-state index in [1.165, 1.54) is 11.6 Å². The Morgan fingerprint density at radius 2 is 2.00 bits per heavy atom. The molecule has 1 saturated carbocycles. The van der Waals surface area contributed by atoms with E-state index in [1.807, 2.05) is 36.2 Å². The summed E-state index contributed by atoms with van der Waals surface area (Å²) >= 11 is 0. The van der Waals surface area contributed by atoms with Crippen LogP contribution in [0.1, 0.15) is 24.8 Å². The van der Waals surface area contributed by atoms with Gasteiger partial charge < -0.3 is 10.2 Å². The van der Waals surface area contributed by atoms with Gasteiger partial charge in [-0.1, -0.05) is 30.3 Å². The second kappa shape index (κ2) is 5.08. The van der Waals surface area contributed by atoms with Gasteiger partial charge in [0, 0.05) is 25.1 Å². The molecular weight excluding hydrogens is 291 g/mol. The molecule has 1 amide bonds. The summed E-state index contributed by atoms with van der Waals surface area (Å²) in [5.41, 5.74) is 2.47. The highest BCUT2D eigenvalue weighted by atomic mass is 19.1. The van der Waals surface area contributed by atoms with E-state index in [1.54, 1.807) is 6.08 Å². The van der Waals surface area contributed by atoms with Gasteiger partial charge in [-0.3, -0.25) is 4.79 Å². The highest BCUT2D eigenvalue weighted by Gasteiger charge is 2.50. The maximum atomic E-state index is 13.4. The molecule has 4 rings (SSSR count). The second-order valence-electron chi connectivity index (χ2n) is 6.51. The van der Waals surface area contributed by atoms with Crippen LogP contribution in [0.2, 0.25) is 0 Å². The molecule has 1 unspecified atom stereocenters. The molecule has 3 nitrogen and oxygen atoms in total. The van der Waals surface area contributed by atoms with Gasteiger partial charge in [0.05, 0.1) is 5.54 Å². The summed E-state index contributed by atoms with van der Waals surface area (Å²) in [6.07, 6.45) is 7.35. The SMILES string of the molecule is CN(C(=O)C1=CC2CC(F)=CC=C2N1)C1(c2ccccc2)CC1. The molecule has 1 N–H and O–H groups in total. The van der Waals surface area contributed by atoms with E-state index in [4.69, 9.17) is 0 Å². The number of nitrogens with one attached hydrogen (secondary N) is 1. The van der Waals surface area contributed by atoms with E-state index in [2.05, 4.69) is 17.4 Å². The lowest BCUT2D eigenvalue weighted by molar-refractivity contribution is -0.129. The van der Waals surface area contributed by atoms with Crippen molar-refractivity contribution in [3.8, 4) is 0 Å². The molecule has 4 heteroatoms. The molecule has 3 aliphatic rings. The smallest absolute Gasteiger partial charge is 0.270 e. The van der Waals surface area contributed by atoms with Crippen molar-refractivity contribution < 1.29 is 9.18 Å². The second-order valence-corrected chi connectivity index (χ2v) is 6.51. The van der Waals surface area contributed by atoms with E-state index in [0.29, 0.717) is 12.1 Å². The molecule has 1 heterocycles. The number of carbonyl (C=O) groups excluding carboxylic acids is 1. The van der Waals surface area contributed by atoms with E-state index >= 15 is 0 Å². The molecule has 1 aliphatic heterocycles. The minimum atomic E-state index is -0.188. The van der Waals surface area contributed by atoms with Gasteiger partial charge in [-0.15, -0.1) is 0 Å². The Kier molecular flexibility index (Phi) is 3.15. The lowest BCUT2D eigenvalue weighted by Gasteiger charge is -2.29. The third-order valence-corrected chi connectivity index (χ3v) is 5.12. The average Bonchev–Trinajstić information content (AvgIpc) is 3.28. The van der Waals surface area contributed by atoms with Crippen LogP contribution in [0.5, 0.6) is 0 Å². The maximum Gasteiger partial charge on any atom is 0.270 e. The fourth-order valence-corrected chi connectivity index (χ4v) is 3.56. The van der Waals surface area contributed by atoms with Crippen molar-refractivity contribution in [3.05, 3.63) is 71.3 Å². The fraction of sp³-hybridized carbons (Fsp3) is 0.316. The summed E-state index contributed by atoms with van der Waals surface area (Å²) in [7, 11) is 1.86. The number of amides is 1. The molecule has 2 aliphatic carbocycles. The first-order valence-corrected chi connectivity index (χ1v) is 7.99. The van der Waals surface area contributed by atoms with E-state index in [9.17, 15) is 9.18 Å². The quantitative estimate of drug-likeness (QED) is 0.928. The van der Waals surface area contributed by atoms with Crippen molar-refractivity contribution in [2.75, 3.05) is 7.05 Å². The van der Waals surface area contributed by atoms with Crippen molar-refractivity contribution in [2.24, 2.45) is 5.92 Å². The van der Waals surface area contributed by atoms with Crippen molar-refractivity contribution in [1.82, 2.24) is 10.2 Å². The Bertz CT molecular complexity index is 744. The minimum Gasteiger partial charge on any atom is -0.354 e. The molecule has 1 atom stereocenters. The Hall–Kier alpha value is -2.36. The van der Waals surface area contributed by atoms with Gasteiger partial charge in [0.2, 0.25) is 0 Å². The highest BCUT2D eigenvalue weighted by molar-refractivity contribution is 5.94. The van der Waals surface area contributed by atoms with E-state index in [0.717, 1.165) is 18.5 Å². The van der Waals surface area contributed by atoms with Gasteiger partial charge in [-0.25, -0.2) is 4.39 Å². The molecule has 0 saturated heterocycles. The van der Waals surface area contributed by atoms with Crippen LogP contribution in [-0.2, 0) is 10.3 Å². The molecule has 1 aromatic rings. The van der Waals surface area contributed by atoms with Crippen LogP contribution in [0.25, 0.3) is 0 Å². The topological polar surface area (TPSA) is 32.3 Å². The number of carbonyl (C=O) groups is 1. The van der Waals surface area contributed by atoms with Crippen LogP contribution >= 0.6 is 0 Å². The Labute approximate surface area is 135 Å². The number of benzene rings is 1. The van der Waals surface area contributed by atoms with Crippen LogP contribution in [0.4, 0.5) is 4.39 Å². The van der Waals surface area contributed by atoms with Gasteiger partial charge in [-0.2, -0.15) is 0 Å². The van der Waals surface area contributed by atoms with Crippen LogP contribution in [0, 0.1) is 5.92 Å². The average molecular weight is 310 g/mol. The van der Waals surface area contributed by atoms with Crippen molar-refractivity contribution in [3.63, 3.8) is 0 Å². The van der Waals surface area contributed by atoms with Gasteiger partial charge in [0.1, 0.15) is 11.5 Å². The first kappa shape index (κ1) is 14.2. The molecule has 0 radical (unpaired) electrons. The fourth-order valence-electron chi connectivity index (χ4n) is 3.56. The zero-order valence-corrected chi connectivity index (χ0v) is 13.1. The normalized spacial score (nSPS) is 23.9. The Balaban J connectivity index is 1.56. The standard InChI is InChI=1S/C19H19FN2O/c1-22(19(9-10-19)14-5-3-2-4-6-14)18(23)17-12-13-11-15(20)7-8-16(13)21-17/h2-8,12-13,21H,9-11H2,1H3. The number of hydrogen-bond acceptors (Lipinski definition) is 2. The number of likely N-dealkylation sites (N-methyl/N-ethyl adjacent to an activating group) is 1. The molecule has 23 heavy (non-hydrogen) atoms. The zero-order valence-electron chi connectivity index (χ0n) is 13.1. The molecular formula is C19H19FN2O. The first-order valence-electron chi connectivity index (χ1n) is 7.99. The predicted octanol–water partition coefficient (Wildman–Crippen LogP) is 3.38. The molecule has 0 bridgehead atoms. The maximum absolute atomic E-state index is 13.4. The summed E-state index contributed by atoms with van der Waals surface area (Å²) < 4.78 is 13.4. The largest absolute Gasteiger partial charge is 0.354 e. The summed E-state index contributed by atoms with van der Waals surface area (Å²) in [6.45, 7) is 0. The molecule has 118 valence electrons. The highest BCUT2D eigenvalue weighted by Crippen LogP contribution is 2.50. The van der Waals surface area contributed by atoms with Crippen molar-refractivity contribution in [1.29, 1.82) is 0 Å². The van der Waals surface area contributed by atoms with Gasteiger partial charge in [0.25, 0.3) is 5.91 Å². The van der Waals surface area contributed by atoms with Gasteiger partial charge >= 0.3 is 0 Å². The summed E-state index contributed by atoms with van der Waals surface area (Å²) in [4.78, 5) is 14.7. The third-order valence-electron chi connectivity index (χ3n) is 5.12. The van der Waals surface area contributed by atoms with E-state index < -0.39 is 0 Å². The number of nitrogens with zero attached hydrogens (tertiary/aromatic N) is 1. The summed E-state index contributed by atoms with van der Waals surface area (Å²) in [5.74, 6) is -0.205. The number of halogens is 1. The summed E-state index contributed by atoms with van der Waals surface area (Å²) in [5, 5.41) is 3.17. The lowest BCUT2D eigenvalue weighted by Crippen LogP contribution is -2.39. The third kappa shape index (κ3) is 2.29. The van der Waals surface area contributed by atoms with Gasteiger partial charge in [-0.05, 0) is 36.6 Å². The molecule has 1 fully saturated rings. The molecule has 0 aromatic heterocycles. The van der Waals surface area contributed by atoms with Crippen LogP contribution < -0.4 is 5.32 Å². The van der Waals surface area contributed by atoms with Crippen LogP contribution in [0.3, 0.4) is 0 Å². The van der Waals surface area contributed by atoms with Gasteiger partial charge in [0.15, 0.2) is 0 Å². The Morgan fingerprint density at radius 1 is 1.26 bits per heavy atom. The van der Waals surface area contributed by atoms with Crippen molar-refractivity contribution >= 4 is 5.91 Å². The molecule has 0 spiro atoms. The van der Waals surface area contributed by atoms with Crippen LogP contribution in [-0.4, -0.2) is 17.9 Å². The zero-order chi connectivity index (χ0) is 16.0. The first-order chi connectivity index (χ1) is 11.1. The number of allylic oxidation sites excluding steroid dienone is 4. The lowest BCUT2D eigenvalue weighted by atomic mass is 9.98.